The van der Waals surface area contributed by atoms with Gasteiger partial charge in [0.05, 0.1) is 0 Å². The molecule has 0 amide bonds. The predicted molar refractivity (Wildman–Crippen MR) is 101 cm³/mol. The molecule has 2 heterocycles. The van der Waals surface area contributed by atoms with Crippen LogP contribution in [0.1, 0.15) is 11.1 Å². The monoisotopic (exact) mass is 346 g/mol. The molecule has 4 rings (SSSR count). The first-order valence-electron chi connectivity index (χ1n) is 8.24. The number of nitrogen functional groups attached to an aromatic ring is 1. The zero-order valence-electron chi connectivity index (χ0n) is 14.0. The van der Waals surface area contributed by atoms with E-state index in [0.29, 0.717) is 30.8 Å². The Bertz CT molecular complexity index is 998. The van der Waals surface area contributed by atoms with Crippen molar-refractivity contribution in [3.05, 3.63) is 71.8 Å². The van der Waals surface area contributed by atoms with Crippen LogP contribution in [0.25, 0.3) is 5.78 Å². The standard InChI is InChI=1S/C18H18N8/c19-15-22-17(21-12-14-9-5-2-6-10-14)26-18(23-15)24-16(25-26)20-11-13-7-3-1-4-8-13/h1-10H,11-12H2,(H4,19,20,21,22,23,24,25). The van der Waals surface area contributed by atoms with Gasteiger partial charge in [-0.2, -0.15) is 19.5 Å². The maximum Gasteiger partial charge on any atom is 0.260 e. The number of nitrogens with two attached hydrogens (primary N) is 1. The van der Waals surface area contributed by atoms with Crippen molar-refractivity contribution in [1.82, 2.24) is 24.6 Å². The van der Waals surface area contributed by atoms with E-state index in [1.165, 1.54) is 0 Å². The molecule has 0 spiro atoms. The Morgan fingerprint density at radius 3 is 2.04 bits per heavy atom. The van der Waals surface area contributed by atoms with Crippen molar-refractivity contribution in [3.8, 4) is 0 Å². The van der Waals surface area contributed by atoms with Crippen LogP contribution in [0, 0.1) is 0 Å². The Kier molecular flexibility index (Phi) is 4.29. The van der Waals surface area contributed by atoms with Crippen molar-refractivity contribution in [2.45, 2.75) is 13.1 Å². The first kappa shape index (κ1) is 15.8. The summed E-state index contributed by atoms with van der Waals surface area (Å²) in [7, 11) is 0. The lowest BCUT2D eigenvalue weighted by Gasteiger charge is -2.07. The lowest BCUT2D eigenvalue weighted by molar-refractivity contribution is 0.883. The molecule has 0 aliphatic rings. The summed E-state index contributed by atoms with van der Waals surface area (Å²) in [6.07, 6.45) is 0. The van der Waals surface area contributed by atoms with Crippen molar-refractivity contribution in [3.63, 3.8) is 0 Å². The van der Waals surface area contributed by atoms with Gasteiger partial charge in [0.25, 0.3) is 5.78 Å². The van der Waals surface area contributed by atoms with E-state index in [9.17, 15) is 0 Å². The third kappa shape index (κ3) is 3.54. The summed E-state index contributed by atoms with van der Waals surface area (Å²) in [6, 6.07) is 20.1. The number of aromatic nitrogens is 5. The van der Waals surface area contributed by atoms with Gasteiger partial charge in [-0.15, -0.1) is 5.10 Å². The summed E-state index contributed by atoms with van der Waals surface area (Å²) in [6.45, 7) is 1.21. The molecule has 8 nitrogen and oxygen atoms in total. The average molecular weight is 346 g/mol. The number of fused-ring (bicyclic) bond motifs is 1. The largest absolute Gasteiger partial charge is 0.368 e. The van der Waals surface area contributed by atoms with Crippen LogP contribution >= 0.6 is 0 Å². The van der Waals surface area contributed by atoms with Gasteiger partial charge in [0, 0.05) is 13.1 Å². The molecular formula is C18H18N8. The molecule has 0 unspecified atom stereocenters. The fourth-order valence-electron chi connectivity index (χ4n) is 2.54. The first-order chi connectivity index (χ1) is 12.8. The van der Waals surface area contributed by atoms with E-state index in [0.717, 1.165) is 11.1 Å². The topological polar surface area (TPSA) is 106 Å². The van der Waals surface area contributed by atoms with Gasteiger partial charge in [-0.25, -0.2) is 0 Å². The predicted octanol–water partition coefficient (Wildman–Crippen LogP) is 2.33. The van der Waals surface area contributed by atoms with Crippen LogP contribution in [0.15, 0.2) is 60.7 Å². The second-order valence-corrected chi connectivity index (χ2v) is 5.73. The Morgan fingerprint density at radius 1 is 0.769 bits per heavy atom. The van der Waals surface area contributed by atoms with Crippen LogP contribution in [-0.4, -0.2) is 24.6 Å². The number of hydrogen-bond donors (Lipinski definition) is 3. The van der Waals surface area contributed by atoms with Crippen LogP contribution in [-0.2, 0) is 13.1 Å². The third-order valence-corrected chi connectivity index (χ3v) is 3.81. The molecule has 26 heavy (non-hydrogen) atoms. The molecule has 0 bridgehead atoms. The van der Waals surface area contributed by atoms with E-state index in [-0.39, 0.29) is 5.95 Å². The molecule has 0 fully saturated rings. The summed E-state index contributed by atoms with van der Waals surface area (Å²) >= 11 is 0. The highest BCUT2D eigenvalue weighted by Gasteiger charge is 2.11. The van der Waals surface area contributed by atoms with Crippen molar-refractivity contribution < 1.29 is 0 Å². The van der Waals surface area contributed by atoms with E-state index >= 15 is 0 Å². The van der Waals surface area contributed by atoms with Gasteiger partial charge in [0.1, 0.15) is 0 Å². The van der Waals surface area contributed by atoms with E-state index in [1.54, 1.807) is 4.52 Å². The van der Waals surface area contributed by atoms with E-state index in [2.05, 4.69) is 30.7 Å². The van der Waals surface area contributed by atoms with Gasteiger partial charge in [-0.1, -0.05) is 60.7 Å². The lowest BCUT2D eigenvalue weighted by atomic mass is 10.2. The number of benzene rings is 2. The molecule has 4 N–H and O–H groups in total. The molecule has 2 aromatic carbocycles. The number of hydrogen-bond acceptors (Lipinski definition) is 7. The van der Waals surface area contributed by atoms with Crippen molar-refractivity contribution in [2.75, 3.05) is 16.4 Å². The van der Waals surface area contributed by atoms with Crippen molar-refractivity contribution in [1.29, 1.82) is 0 Å². The molecule has 0 radical (unpaired) electrons. The molecule has 0 saturated heterocycles. The van der Waals surface area contributed by atoms with Gasteiger partial charge >= 0.3 is 0 Å². The van der Waals surface area contributed by atoms with Crippen molar-refractivity contribution in [2.24, 2.45) is 0 Å². The Morgan fingerprint density at radius 2 is 1.38 bits per heavy atom. The SMILES string of the molecule is Nc1nc(NCc2ccccc2)n2nc(NCc3ccccc3)nc2n1. The highest BCUT2D eigenvalue weighted by Crippen LogP contribution is 2.13. The maximum atomic E-state index is 5.80. The van der Waals surface area contributed by atoms with Crippen LogP contribution in [0.5, 0.6) is 0 Å². The smallest absolute Gasteiger partial charge is 0.260 e. The Balaban J connectivity index is 1.54. The normalized spacial score (nSPS) is 10.8. The van der Waals surface area contributed by atoms with Crippen LogP contribution < -0.4 is 16.4 Å². The van der Waals surface area contributed by atoms with Gasteiger partial charge in [-0.05, 0) is 11.1 Å². The molecule has 2 aromatic heterocycles. The number of rotatable bonds is 6. The van der Waals surface area contributed by atoms with E-state index in [1.807, 2.05) is 60.7 Å². The summed E-state index contributed by atoms with van der Waals surface area (Å²) < 4.78 is 1.55. The van der Waals surface area contributed by atoms with Gasteiger partial charge in [0.15, 0.2) is 0 Å². The summed E-state index contributed by atoms with van der Waals surface area (Å²) in [5.41, 5.74) is 8.07. The summed E-state index contributed by atoms with van der Waals surface area (Å²) in [5.74, 6) is 1.51. The van der Waals surface area contributed by atoms with Gasteiger partial charge < -0.3 is 16.4 Å². The Labute approximate surface area is 150 Å². The molecule has 0 atom stereocenters. The van der Waals surface area contributed by atoms with Crippen LogP contribution in [0.4, 0.5) is 17.8 Å². The quantitative estimate of drug-likeness (QED) is 0.492. The average Bonchev–Trinajstić information content (AvgIpc) is 3.09. The number of nitrogens with one attached hydrogen (secondary N) is 2. The maximum absolute atomic E-state index is 5.80. The zero-order chi connectivity index (χ0) is 17.8. The first-order valence-corrected chi connectivity index (χ1v) is 8.24. The summed E-state index contributed by atoms with van der Waals surface area (Å²) in [5, 5.41) is 10.9. The molecule has 8 heteroatoms. The fourth-order valence-corrected chi connectivity index (χ4v) is 2.54. The Hall–Kier alpha value is -3.68. The minimum atomic E-state index is 0.148. The molecule has 0 aliphatic carbocycles. The molecule has 0 aliphatic heterocycles. The van der Waals surface area contributed by atoms with Crippen LogP contribution in [0.3, 0.4) is 0 Å². The van der Waals surface area contributed by atoms with Gasteiger partial charge in [0.2, 0.25) is 17.8 Å². The van der Waals surface area contributed by atoms with Gasteiger partial charge in [-0.3, -0.25) is 0 Å². The van der Waals surface area contributed by atoms with E-state index < -0.39 is 0 Å². The minimum Gasteiger partial charge on any atom is -0.368 e. The zero-order valence-corrected chi connectivity index (χ0v) is 14.0. The highest BCUT2D eigenvalue weighted by molar-refractivity contribution is 5.47. The number of anilines is 3. The second kappa shape index (κ2) is 7.06. The van der Waals surface area contributed by atoms with Crippen molar-refractivity contribution >= 4 is 23.6 Å². The molecule has 4 aromatic rings. The fraction of sp³-hybridized carbons (Fsp3) is 0.111. The third-order valence-electron chi connectivity index (χ3n) is 3.81. The highest BCUT2D eigenvalue weighted by atomic mass is 15.4. The lowest BCUT2D eigenvalue weighted by Crippen LogP contribution is -2.10. The summed E-state index contributed by atoms with van der Waals surface area (Å²) in [4.78, 5) is 12.8. The molecular weight excluding hydrogens is 328 g/mol. The molecule has 130 valence electrons. The van der Waals surface area contributed by atoms with E-state index in [4.69, 9.17) is 5.73 Å². The number of nitrogens with zero attached hydrogens (tertiary/aromatic N) is 5. The second-order valence-electron chi connectivity index (χ2n) is 5.73. The van der Waals surface area contributed by atoms with Crippen LogP contribution in [0.2, 0.25) is 0 Å². The minimum absolute atomic E-state index is 0.148. The molecule has 0 saturated carbocycles.